The largest absolute Gasteiger partial charge is 0.373 e. The molecule has 0 saturated heterocycles. The Labute approximate surface area is 88.6 Å². The van der Waals surface area contributed by atoms with Gasteiger partial charge in [0.15, 0.2) is 0 Å². The van der Waals surface area contributed by atoms with Gasteiger partial charge in [-0.2, -0.15) is 10.5 Å². The van der Waals surface area contributed by atoms with Crippen molar-refractivity contribution < 1.29 is 0 Å². The van der Waals surface area contributed by atoms with Gasteiger partial charge < -0.3 is 10.2 Å². The summed E-state index contributed by atoms with van der Waals surface area (Å²) in [5, 5.41) is 20.1. The zero-order valence-corrected chi connectivity index (χ0v) is 8.44. The van der Waals surface area contributed by atoms with E-state index in [0.29, 0.717) is 5.82 Å². The van der Waals surface area contributed by atoms with Crippen LogP contribution in [0.15, 0.2) is 18.3 Å². The van der Waals surface area contributed by atoms with Crippen LogP contribution in [0, 0.1) is 22.7 Å². The van der Waals surface area contributed by atoms with Crippen molar-refractivity contribution in [3.8, 4) is 12.1 Å². The Morgan fingerprint density at radius 1 is 1.40 bits per heavy atom. The van der Waals surface area contributed by atoms with Crippen LogP contribution in [0.1, 0.15) is 0 Å². The van der Waals surface area contributed by atoms with Crippen molar-refractivity contribution >= 4 is 11.5 Å². The SMILES string of the molecule is CNc1cc(N(CC#N)CC#N)ccn1. The highest BCUT2D eigenvalue weighted by molar-refractivity contribution is 5.54. The molecule has 0 aromatic carbocycles. The molecule has 1 rings (SSSR count). The van der Waals surface area contributed by atoms with Crippen molar-refractivity contribution in [2.75, 3.05) is 30.4 Å². The topological polar surface area (TPSA) is 75.7 Å². The molecule has 5 nitrogen and oxygen atoms in total. The second-order valence-electron chi connectivity index (χ2n) is 2.82. The van der Waals surface area contributed by atoms with E-state index in [2.05, 4.69) is 10.3 Å². The van der Waals surface area contributed by atoms with Gasteiger partial charge in [-0.25, -0.2) is 4.98 Å². The molecule has 0 saturated carbocycles. The van der Waals surface area contributed by atoms with Gasteiger partial charge in [0.2, 0.25) is 0 Å². The Kier molecular flexibility index (Phi) is 3.93. The number of anilines is 2. The monoisotopic (exact) mass is 201 g/mol. The Hall–Kier alpha value is -2.27. The minimum atomic E-state index is 0.195. The molecule has 0 unspecified atom stereocenters. The Morgan fingerprint density at radius 2 is 2.07 bits per heavy atom. The lowest BCUT2D eigenvalue weighted by atomic mass is 10.3. The normalized spacial score (nSPS) is 8.73. The van der Waals surface area contributed by atoms with Crippen molar-refractivity contribution in [3.63, 3.8) is 0 Å². The van der Waals surface area contributed by atoms with Gasteiger partial charge in [0, 0.05) is 25.0 Å². The number of hydrogen-bond donors (Lipinski definition) is 1. The lowest BCUT2D eigenvalue weighted by Gasteiger charge is -2.18. The van der Waals surface area contributed by atoms with Gasteiger partial charge >= 0.3 is 0 Å². The van der Waals surface area contributed by atoms with E-state index in [1.54, 1.807) is 30.3 Å². The van der Waals surface area contributed by atoms with E-state index in [4.69, 9.17) is 10.5 Å². The highest BCUT2D eigenvalue weighted by Crippen LogP contribution is 2.16. The first kappa shape index (κ1) is 10.8. The van der Waals surface area contributed by atoms with Gasteiger partial charge in [-0.3, -0.25) is 0 Å². The van der Waals surface area contributed by atoms with Gasteiger partial charge in [0.25, 0.3) is 0 Å². The molecule has 0 radical (unpaired) electrons. The van der Waals surface area contributed by atoms with Crippen LogP contribution in [0.2, 0.25) is 0 Å². The number of aromatic nitrogens is 1. The smallest absolute Gasteiger partial charge is 0.127 e. The number of nitrogens with one attached hydrogen (secondary N) is 1. The van der Waals surface area contributed by atoms with Crippen molar-refractivity contribution in [2.24, 2.45) is 0 Å². The van der Waals surface area contributed by atoms with Gasteiger partial charge in [0.1, 0.15) is 18.9 Å². The van der Waals surface area contributed by atoms with Crippen LogP contribution in [-0.2, 0) is 0 Å². The van der Waals surface area contributed by atoms with Crippen molar-refractivity contribution in [1.82, 2.24) is 4.98 Å². The van der Waals surface area contributed by atoms with Gasteiger partial charge in [-0.05, 0) is 6.07 Å². The zero-order valence-electron chi connectivity index (χ0n) is 8.44. The molecule has 0 aliphatic heterocycles. The molecule has 15 heavy (non-hydrogen) atoms. The van der Waals surface area contributed by atoms with Gasteiger partial charge in [-0.15, -0.1) is 0 Å². The van der Waals surface area contributed by atoms with Crippen molar-refractivity contribution in [3.05, 3.63) is 18.3 Å². The average Bonchev–Trinajstić information content (AvgIpc) is 2.29. The van der Waals surface area contributed by atoms with Crippen molar-refractivity contribution in [2.45, 2.75) is 0 Å². The molecule has 0 aliphatic rings. The van der Waals surface area contributed by atoms with Crippen LogP contribution in [0.5, 0.6) is 0 Å². The summed E-state index contributed by atoms with van der Waals surface area (Å²) in [5.41, 5.74) is 0.817. The second kappa shape index (κ2) is 5.46. The summed E-state index contributed by atoms with van der Waals surface area (Å²) in [7, 11) is 1.77. The standard InChI is InChI=1S/C10H11N5/c1-13-10-8-9(2-5-14-10)15(6-3-11)7-4-12/h2,5,8H,6-7H2,1H3,(H,13,14). The first-order valence-corrected chi connectivity index (χ1v) is 4.44. The number of rotatable bonds is 4. The molecule has 0 fully saturated rings. The number of pyridine rings is 1. The summed E-state index contributed by atoms with van der Waals surface area (Å²) in [6, 6.07) is 7.62. The van der Waals surface area contributed by atoms with E-state index in [1.165, 1.54) is 0 Å². The molecular formula is C10H11N5. The van der Waals surface area contributed by atoms with Crippen LogP contribution < -0.4 is 10.2 Å². The van der Waals surface area contributed by atoms with Crippen LogP contribution in [-0.4, -0.2) is 25.1 Å². The summed E-state index contributed by atoms with van der Waals surface area (Å²) < 4.78 is 0. The minimum Gasteiger partial charge on any atom is -0.373 e. The molecule has 0 spiro atoms. The Balaban J connectivity index is 2.91. The third kappa shape index (κ3) is 2.85. The van der Waals surface area contributed by atoms with E-state index >= 15 is 0 Å². The van der Waals surface area contributed by atoms with Gasteiger partial charge in [-0.1, -0.05) is 0 Å². The lowest BCUT2D eigenvalue weighted by molar-refractivity contribution is 0.963. The van der Waals surface area contributed by atoms with Crippen LogP contribution >= 0.6 is 0 Å². The summed E-state index contributed by atoms with van der Waals surface area (Å²) in [5.74, 6) is 0.716. The van der Waals surface area contributed by atoms with Crippen LogP contribution in [0.25, 0.3) is 0 Å². The molecule has 1 aromatic rings. The van der Waals surface area contributed by atoms with Crippen molar-refractivity contribution in [1.29, 1.82) is 10.5 Å². The first-order chi connectivity index (χ1) is 7.31. The fraction of sp³-hybridized carbons (Fsp3) is 0.300. The summed E-state index contributed by atoms with van der Waals surface area (Å²) >= 11 is 0. The molecule has 0 atom stereocenters. The molecule has 1 heterocycles. The van der Waals surface area contributed by atoms with E-state index < -0.39 is 0 Å². The highest BCUT2D eigenvalue weighted by Gasteiger charge is 2.05. The number of nitrogens with zero attached hydrogens (tertiary/aromatic N) is 4. The molecule has 1 aromatic heterocycles. The van der Waals surface area contributed by atoms with E-state index in [1.807, 2.05) is 12.1 Å². The van der Waals surface area contributed by atoms with E-state index in [0.717, 1.165) is 5.69 Å². The number of hydrogen-bond acceptors (Lipinski definition) is 5. The summed E-state index contributed by atoms with van der Waals surface area (Å²) in [6.45, 7) is 0.390. The highest BCUT2D eigenvalue weighted by atomic mass is 15.1. The van der Waals surface area contributed by atoms with E-state index in [9.17, 15) is 0 Å². The fourth-order valence-corrected chi connectivity index (χ4v) is 1.16. The molecule has 76 valence electrons. The Morgan fingerprint density at radius 3 is 2.60 bits per heavy atom. The Bertz CT molecular complexity index is 385. The fourth-order valence-electron chi connectivity index (χ4n) is 1.16. The molecular weight excluding hydrogens is 190 g/mol. The maximum absolute atomic E-state index is 8.62. The minimum absolute atomic E-state index is 0.195. The average molecular weight is 201 g/mol. The van der Waals surface area contributed by atoms with Crippen LogP contribution in [0.3, 0.4) is 0 Å². The number of nitriles is 2. The summed E-state index contributed by atoms with van der Waals surface area (Å²) in [6.07, 6.45) is 1.64. The maximum atomic E-state index is 8.62. The second-order valence-corrected chi connectivity index (χ2v) is 2.82. The third-order valence-corrected chi connectivity index (χ3v) is 1.89. The predicted molar refractivity (Wildman–Crippen MR) is 57.2 cm³/mol. The van der Waals surface area contributed by atoms with E-state index in [-0.39, 0.29) is 13.1 Å². The molecule has 1 N–H and O–H groups in total. The maximum Gasteiger partial charge on any atom is 0.127 e. The van der Waals surface area contributed by atoms with Crippen LogP contribution in [0.4, 0.5) is 11.5 Å². The predicted octanol–water partition coefficient (Wildman–Crippen LogP) is 0.977. The summed E-state index contributed by atoms with van der Waals surface area (Å²) in [4.78, 5) is 5.74. The first-order valence-electron chi connectivity index (χ1n) is 4.44. The lowest BCUT2D eigenvalue weighted by Crippen LogP contribution is -2.23. The van der Waals surface area contributed by atoms with Gasteiger partial charge in [0.05, 0.1) is 12.1 Å². The molecule has 0 amide bonds. The molecule has 0 bridgehead atoms. The zero-order chi connectivity index (χ0) is 11.1. The third-order valence-electron chi connectivity index (χ3n) is 1.89. The molecule has 5 heteroatoms. The molecule has 0 aliphatic carbocycles. The quantitative estimate of drug-likeness (QED) is 0.735.